The summed E-state index contributed by atoms with van der Waals surface area (Å²) in [5.74, 6) is 0.594. The average Bonchev–Trinajstić information content (AvgIpc) is 3.21. The molecule has 6 nitrogen and oxygen atoms in total. The van der Waals surface area contributed by atoms with Crippen molar-refractivity contribution in [1.82, 2.24) is 5.32 Å². The van der Waals surface area contributed by atoms with Crippen molar-refractivity contribution >= 4 is 24.2 Å². The Hall–Kier alpha value is -1.99. The summed E-state index contributed by atoms with van der Waals surface area (Å²) in [5.41, 5.74) is 1.63. The number of carbonyl (C=O) groups is 1. The van der Waals surface area contributed by atoms with Crippen LogP contribution in [0.3, 0.4) is 0 Å². The lowest BCUT2D eigenvalue weighted by Gasteiger charge is -2.64. The number of hydrogen-bond donors (Lipinski definition) is 2. The van der Waals surface area contributed by atoms with Crippen molar-refractivity contribution in [2.75, 3.05) is 0 Å². The Kier molecular flexibility index (Phi) is 3.88. The van der Waals surface area contributed by atoms with E-state index in [-0.39, 0.29) is 17.1 Å². The van der Waals surface area contributed by atoms with Crippen LogP contribution in [0.15, 0.2) is 34.9 Å². The first kappa shape index (κ1) is 18.1. The van der Waals surface area contributed by atoms with Gasteiger partial charge in [0.05, 0.1) is 23.9 Å². The van der Waals surface area contributed by atoms with Crippen LogP contribution in [-0.2, 0) is 15.7 Å². The van der Waals surface area contributed by atoms with Crippen molar-refractivity contribution in [3.63, 3.8) is 0 Å². The minimum Gasteiger partial charge on any atom is -0.465 e. The quantitative estimate of drug-likeness (QED) is 0.784. The number of rotatable bonds is 4. The summed E-state index contributed by atoms with van der Waals surface area (Å²) in [6, 6.07) is 7.77. The number of amides is 1. The average molecular weight is 383 g/mol. The van der Waals surface area contributed by atoms with E-state index in [2.05, 4.69) is 26.1 Å². The zero-order valence-electron chi connectivity index (χ0n) is 16.5. The lowest BCUT2D eigenvalue weighted by atomic mass is 9.43. The van der Waals surface area contributed by atoms with Crippen LogP contribution in [-0.4, -0.2) is 36.0 Å². The molecule has 1 aliphatic heterocycles. The van der Waals surface area contributed by atoms with Crippen LogP contribution in [0, 0.1) is 17.3 Å². The SMILES string of the molecule is CC1(C)[C@@H]2C[C@H]3OB(C(Cc4coc5ccccc45)NC(=O)O)O[C@@]3(C)[C@H]1C2. The molecule has 2 aromatic rings. The van der Waals surface area contributed by atoms with Crippen LogP contribution in [0.2, 0.25) is 0 Å². The Labute approximate surface area is 164 Å². The molecule has 2 heterocycles. The number of fused-ring (bicyclic) bond motifs is 1. The first-order chi connectivity index (χ1) is 13.3. The lowest BCUT2D eigenvalue weighted by Crippen LogP contribution is -2.65. The van der Waals surface area contributed by atoms with Crippen LogP contribution in [0.4, 0.5) is 4.79 Å². The molecule has 2 N–H and O–H groups in total. The van der Waals surface area contributed by atoms with E-state index in [0.717, 1.165) is 23.0 Å². The summed E-state index contributed by atoms with van der Waals surface area (Å²) >= 11 is 0. The Balaban J connectivity index is 1.41. The van der Waals surface area contributed by atoms with Crippen molar-refractivity contribution in [2.45, 2.75) is 57.7 Å². The van der Waals surface area contributed by atoms with Gasteiger partial charge in [0.25, 0.3) is 0 Å². The highest BCUT2D eigenvalue weighted by Gasteiger charge is 2.68. The zero-order valence-corrected chi connectivity index (χ0v) is 16.5. The molecule has 1 aromatic carbocycles. The topological polar surface area (TPSA) is 80.9 Å². The summed E-state index contributed by atoms with van der Waals surface area (Å²) in [6.45, 7) is 6.77. The van der Waals surface area contributed by atoms with Gasteiger partial charge in [-0.2, -0.15) is 0 Å². The normalized spacial score (nSPS) is 34.0. The van der Waals surface area contributed by atoms with Crippen LogP contribution >= 0.6 is 0 Å². The number of furan rings is 1. The maximum atomic E-state index is 11.5. The first-order valence-electron chi connectivity index (χ1n) is 10.1. The van der Waals surface area contributed by atoms with Gasteiger partial charge < -0.3 is 24.1 Å². The minimum atomic E-state index is -1.07. The van der Waals surface area contributed by atoms with Gasteiger partial charge >= 0.3 is 13.2 Å². The van der Waals surface area contributed by atoms with Gasteiger partial charge in [0.15, 0.2) is 0 Å². The second-order valence-corrected chi connectivity index (χ2v) is 9.35. The van der Waals surface area contributed by atoms with E-state index in [1.807, 2.05) is 24.3 Å². The van der Waals surface area contributed by atoms with Gasteiger partial charge in [0, 0.05) is 5.39 Å². The van der Waals surface area contributed by atoms with Crippen LogP contribution in [0.25, 0.3) is 11.0 Å². The molecule has 28 heavy (non-hydrogen) atoms. The van der Waals surface area contributed by atoms with Gasteiger partial charge in [0.2, 0.25) is 0 Å². The highest BCUT2D eigenvalue weighted by molar-refractivity contribution is 6.48. The monoisotopic (exact) mass is 383 g/mol. The Morgan fingerprint density at radius 1 is 1.32 bits per heavy atom. The highest BCUT2D eigenvalue weighted by Crippen LogP contribution is 2.65. The van der Waals surface area contributed by atoms with Crippen molar-refractivity contribution < 1.29 is 23.6 Å². The Morgan fingerprint density at radius 3 is 2.86 bits per heavy atom. The number of carboxylic acid groups (broad SMARTS) is 1. The van der Waals surface area contributed by atoms with Gasteiger partial charge in [-0.3, -0.25) is 0 Å². The van der Waals surface area contributed by atoms with E-state index in [1.165, 1.54) is 6.42 Å². The largest absolute Gasteiger partial charge is 0.482 e. The summed E-state index contributed by atoms with van der Waals surface area (Å²) in [5, 5.41) is 13.0. The third kappa shape index (κ3) is 2.52. The zero-order chi connectivity index (χ0) is 19.7. The molecule has 1 aromatic heterocycles. The third-order valence-corrected chi connectivity index (χ3v) is 7.61. The Morgan fingerprint density at radius 2 is 2.11 bits per heavy atom. The maximum absolute atomic E-state index is 11.5. The highest BCUT2D eigenvalue weighted by atomic mass is 16.7. The fourth-order valence-electron chi connectivity index (χ4n) is 5.87. The van der Waals surface area contributed by atoms with E-state index in [1.54, 1.807) is 6.26 Å². The van der Waals surface area contributed by atoms with Gasteiger partial charge in [-0.1, -0.05) is 32.0 Å². The molecule has 148 valence electrons. The summed E-state index contributed by atoms with van der Waals surface area (Å²) in [6.07, 6.45) is 3.24. The molecule has 0 radical (unpaired) electrons. The second kappa shape index (κ2) is 6.00. The summed E-state index contributed by atoms with van der Waals surface area (Å²) in [4.78, 5) is 11.5. The van der Waals surface area contributed by atoms with Gasteiger partial charge in [0.1, 0.15) is 5.58 Å². The fourth-order valence-corrected chi connectivity index (χ4v) is 5.87. The molecule has 4 fully saturated rings. The minimum absolute atomic E-state index is 0.0217. The molecule has 1 unspecified atom stereocenters. The predicted molar refractivity (Wildman–Crippen MR) is 105 cm³/mol. The summed E-state index contributed by atoms with van der Waals surface area (Å²) < 4.78 is 18.4. The standard InChI is InChI=1S/C21H26BNO5/c1-20(2)13-9-16(20)21(3)17(10-13)27-22(28-21)18(23-19(24)25)8-12-11-26-15-7-5-4-6-14(12)15/h4-7,11,13,16-18,23H,8-10H2,1-3H3,(H,24,25)/t13-,16-,17+,18?,21-/m0/s1. The predicted octanol–water partition coefficient (Wildman–Crippen LogP) is 3.88. The second-order valence-electron chi connectivity index (χ2n) is 9.35. The molecule has 4 aliphatic rings. The smallest absolute Gasteiger partial charge is 0.465 e. The van der Waals surface area contributed by atoms with Crippen LogP contribution in [0.5, 0.6) is 0 Å². The summed E-state index contributed by atoms with van der Waals surface area (Å²) in [7, 11) is -0.602. The van der Waals surface area contributed by atoms with Crippen LogP contribution < -0.4 is 5.32 Å². The molecule has 6 rings (SSSR count). The van der Waals surface area contributed by atoms with Crippen molar-refractivity contribution in [1.29, 1.82) is 0 Å². The molecule has 5 atom stereocenters. The molecular formula is C21H26BNO5. The molecule has 7 heteroatoms. The number of hydrogen-bond acceptors (Lipinski definition) is 4. The molecule has 3 saturated carbocycles. The fraction of sp³-hybridized carbons (Fsp3) is 0.571. The van der Waals surface area contributed by atoms with E-state index < -0.39 is 19.2 Å². The van der Waals surface area contributed by atoms with E-state index >= 15 is 0 Å². The van der Waals surface area contributed by atoms with Crippen LogP contribution in [0.1, 0.15) is 39.2 Å². The maximum Gasteiger partial charge on any atom is 0.482 e. The van der Waals surface area contributed by atoms with E-state index in [0.29, 0.717) is 18.3 Å². The van der Waals surface area contributed by atoms with Crippen molar-refractivity contribution in [3.05, 3.63) is 36.1 Å². The van der Waals surface area contributed by atoms with Gasteiger partial charge in [-0.25, -0.2) is 4.79 Å². The molecule has 0 spiro atoms. The van der Waals surface area contributed by atoms with E-state index in [9.17, 15) is 9.90 Å². The van der Waals surface area contributed by atoms with Crippen molar-refractivity contribution in [2.24, 2.45) is 17.3 Å². The van der Waals surface area contributed by atoms with E-state index in [4.69, 9.17) is 13.7 Å². The van der Waals surface area contributed by atoms with Gasteiger partial charge in [-0.15, -0.1) is 0 Å². The molecule has 1 amide bonds. The first-order valence-corrected chi connectivity index (χ1v) is 10.1. The molecular weight excluding hydrogens is 357 g/mol. The number of para-hydroxylation sites is 1. The lowest BCUT2D eigenvalue weighted by molar-refractivity contribution is -0.199. The number of nitrogens with one attached hydrogen (secondary N) is 1. The molecule has 3 aliphatic carbocycles. The Bertz CT molecular complexity index is 926. The third-order valence-electron chi connectivity index (χ3n) is 7.61. The molecule has 2 bridgehead atoms. The number of benzene rings is 1. The van der Waals surface area contributed by atoms with Crippen molar-refractivity contribution in [3.8, 4) is 0 Å². The van der Waals surface area contributed by atoms with Gasteiger partial charge in [-0.05, 0) is 55.1 Å². The molecule has 1 saturated heterocycles.